The Kier molecular flexibility index (Phi) is 4.85. The van der Waals surface area contributed by atoms with Crippen LogP contribution in [0.4, 0.5) is 26.3 Å². The van der Waals surface area contributed by atoms with E-state index >= 15 is 4.39 Å². The lowest BCUT2D eigenvalue weighted by Gasteiger charge is -2.31. The summed E-state index contributed by atoms with van der Waals surface area (Å²) in [6.45, 7) is 0. The first-order valence-electron chi connectivity index (χ1n) is 6.91. The molecule has 0 aromatic heterocycles. The highest BCUT2D eigenvalue weighted by atomic mass is 19.4. The molecule has 1 atom stereocenters. The van der Waals surface area contributed by atoms with Crippen LogP contribution in [-0.4, -0.2) is 12.1 Å². The van der Waals surface area contributed by atoms with Crippen molar-refractivity contribution < 1.29 is 26.3 Å². The van der Waals surface area contributed by atoms with Gasteiger partial charge in [0.15, 0.2) is 0 Å². The number of alkyl halides is 6. The summed E-state index contributed by atoms with van der Waals surface area (Å²) in [7, 11) is 0. The second kappa shape index (κ2) is 6.57. The van der Waals surface area contributed by atoms with E-state index in [1.54, 1.807) is 6.07 Å². The molecule has 0 aliphatic rings. The van der Waals surface area contributed by atoms with Gasteiger partial charge in [0.05, 0.1) is 0 Å². The first-order valence-corrected chi connectivity index (χ1v) is 6.91. The maximum absolute atomic E-state index is 15.2. The molecule has 1 unspecified atom stereocenters. The van der Waals surface area contributed by atoms with E-state index in [1.165, 1.54) is 36.3 Å². The average Bonchev–Trinajstić information content (AvgIpc) is 2.59. The molecule has 2 aromatic rings. The molecular weight excluding hydrogens is 342 g/mol. The molecular formula is C19H10F6. The number of terminal acetylenes is 1. The minimum atomic E-state index is -6.16. The minimum Gasteiger partial charge on any atom is -0.217 e. The van der Waals surface area contributed by atoms with E-state index in [2.05, 4.69) is 0 Å². The molecule has 25 heavy (non-hydrogen) atoms. The number of hydrogen-bond donors (Lipinski definition) is 0. The van der Waals surface area contributed by atoms with E-state index in [0.29, 0.717) is 0 Å². The number of rotatable bonds is 2. The van der Waals surface area contributed by atoms with E-state index in [4.69, 9.17) is 6.42 Å². The van der Waals surface area contributed by atoms with Crippen molar-refractivity contribution in [3.63, 3.8) is 0 Å². The molecule has 0 aliphatic heterocycles. The van der Waals surface area contributed by atoms with Crippen LogP contribution in [0.1, 0.15) is 16.7 Å². The van der Waals surface area contributed by atoms with Crippen LogP contribution in [0.15, 0.2) is 54.6 Å². The Hall–Kier alpha value is -2.86. The molecule has 0 nitrogen and oxygen atoms in total. The predicted molar refractivity (Wildman–Crippen MR) is 81.5 cm³/mol. The fourth-order valence-electron chi connectivity index (χ4n) is 2.10. The zero-order chi connectivity index (χ0) is 18.7. The predicted octanol–water partition coefficient (Wildman–Crippen LogP) is 5.08. The quantitative estimate of drug-likeness (QED) is 0.522. The second-order valence-corrected chi connectivity index (χ2v) is 5.04. The first-order chi connectivity index (χ1) is 11.6. The Morgan fingerprint density at radius 2 is 1.32 bits per heavy atom. The molecule has 0 bridgehead atoms. The summed E-state index contributed by atoms with van der Waals surface area (Å²) < 4.78 is 81.8. The van der Waals surface area contributed by atoms with Crippen molar-refractivity contribution in [2.45, 2.75) is 17.8 Å². The molecule has 128 valence electrons. The lowest BCUT2D eigenvalue weighted by Crippen LogP contribution is -2.52. The molecule has 0 amide bonds. The summed E-state index contributed by atoms with van der Waals surface area (Å²) in [5.41, 5.74) is -5.70. The van der Waals surface area contributed by atoms with E-state index in [0.717, 1.165) is 18.2 Å². The Labute approximate surface area is 140 Å². The standard InChI is InChI=1S/C19H10F6/c1-2-15-10-6-7-11-16(15)17(20,18(21,22)19(23,24)25)13-12-14-8-4-3-5-9-14/h1,3-11H. The van der Waals surface area contributed by atoms with Crippen LogP contribution in [0.5, 0.6) is 0 Å². The topological polar surface area (TPSA) is 0 Å². The largest absolute Gasteiger partial charge is 0.458 e. The third kappa shape index (κ3) is 3.34. The summed E-state index contributed by atoms with van der Waals surface area (Å²) in [4.78, 5) is 0. The molecule has 0 saturated heterocycles. The van der Waals surface area contributed by atoms with Gasteiger partial charge in [-0.05, 0) is 24.1 Å². The van der Waals surface area contributed by atoms with Crippen LogP contribution in [-0.2, 0) is 5.67 Å². The van der Waals surface area contributed by atoms with Crippen LogP contribution < -0.4 is 0 Å². The fraction of sp³-hybridized carbons (Fsp3) is 0.158. The van der Waals surface area contributed by atoms with Crippen LogP contribution in [0.2, 0.25) is 0 Å². The summed E-state index contributed by atoms with van der Waals surface area (Å²) in [6, 6.07) is 11.5. The van der Waals surface area contributed by atoms with Gasteiger partial charge in [0.1, 0.15) is 0 Å². The van der Waals surface area contributed by atoms with Crippen molar-refractivity contribution in [1.29, 1.82) is 0 Å². The highest BCUT2D eigenvalue weighted by molar-refractivity contribution is 5.50. The molecule has 0 fully saturated rings. The van der Waals surface area contributed by atoms with Crippen LogP contribution in [0.25, 0.3) is 0 Å². The van der Waals surface area contributed by atoms with Gasteiger partial charge < -0.3 is 0 Å². The van der Waals surface area contributed by atoms with Gasteiger partial charge in [0.25, 0.3) is 5.67 Å². The number of halogens is 6. The van der Waals surface area contributed by atoms with Gasteiger partial charge in [-0.2, -0.15) is 22.0 Å². The second-order valence-electron chi connectivity index (χ2n) is 5.04. The monoisotopic (exact) mass is 352 g/mol. The van der Waals surface area contributed by atoms with Gasteiger partial charge in [-0.1, -0.05) is 48.2 Å². The molecule has 2 aromatic carbocycles. The molecule has 0 saturated carbocycles. The molecule has 0 heterocycles. The Balaban J connectivity index is 2.73. The summed E-state index contributed by atoms with van der Waals surface area (Å²) >= 11 is 0. The number of hydrogen-bond acceptors (Lipinski definition) is 0. The van der Waals surface area contributed by atoms with Crippen LogP contribution in [0, 0.1) is 24.2 Å². The van der Waals surface area contributed by atoms with Crippen molar-refractivity contribution in [2.75, 3.05) is 0 Å². The van der Waals surface area contributed by atoms with E-state index in [9.17, 15) is 22.0 Å². The minimum absolute atomic E-state index is 0.0840. The van der Waals surface area contributed by atoms with Gasteiger partial charge in [-0.25, -0.2) is 4.39 Å². The Morgan fingerprint density at radius 3 is 1.88 bits per heavy atom. The highest BCUT2D eigenvalue weighted by Gasteiger charge is 2.72. The van der Waals surface area contributed by atoms with Gasteiger partial charge >= 0.3 is 12.1 Å². The molecule has 6 heteroatoms. The fourth-order valence-corrected chi connectivity index (χ4v) is 2.10. The van der Waals surface area contributed by atoms with Crippen molar-refractivity contribution in [3.05, 3.63) is 71.3 Å². The van der Waals surface area contributed by atoms with E-state index in [-0.39, 0.29) is 5.56 Å². The van der Waals surface area contributed by atoms with Gasteiger partial charge in [0, 0.05) is 16.7 Å². The molecule has 2 rings (SSSR count). The molecule has 0 radical (unpaired) electrons. The van der Waals surface area contributed by atoms with Crippen LogP contribution >= 0.6 is 0 Å². The van der Waals surface area contributed by atoms with Gasteiger partial charge in [0.2, 0.25) is 0 Å². The third-order valence-corrected chi connectivity index (χ3v) is 3.40. The van der Waals surface area contributed by atoms with Crippen molar-refractivity contribution >= 4 is 0 Å². The normalized spacial score (nSPS) is 14.0. The molecule has 0 aliphatic carbocycles. The Morgan fingerprint density at radius 1 is 0.760 bits per heavy atom. The smallest absolute Gasteiger partial charge is 0.217 e. The van der Waals surface area contributed by atoms with Gasteiger partial charge in [-0.15, -0.1) is 6.42 Å². The Bertz CT molecular complexity index is 849. The zero-order valence-electron chi connectivity index (χ0n) is 12.5. The van der Waals surface area contributed by atoms with E-state index < -0.39 is 28.9 Å². The van der Waals surface area contributed by atoms with Crippen molar-refractivity contribution in [2.24, 2.45) is 0 Å². The first kappa shape index (κ1) is 18.5. The lowest BCUT2D eigenvalue weighted by atomic mass is 9.85. The maximum Gasteiger partial charge on any atom is 0.458 e. The average molecular weight is 352 g/mol. The zero-order valence-corrected chi connectivity index (χ0v) is 12.5. The summed E-state index contributed by atoms with van der Waals surface area (Å²) in [5, 5.41) is 0. The third-order valence-electron chi connectivity index (χ3n) is 3.40. The highest BCUT2D eigenvalue weighted by Crippen LogP contribution is 2.51. The summed E-state index contributed by atoms with van der Waals surface area (Å²) in [6.07, 6.45) is -1.04. The van der Waals surface area contributed by atoms with Crippen molar-refractivity contribution in [3.8, 4) is 24.2 Å². The van der Waals surface area contributed by atoms with Gasteiger partial charge in [-0.3, -0.25) is 0 Å². The van der Waals surface area contributed by atoms with Crippen molar-refractivity contribution in [1.82, 2.24) is 0 Å². The molecule has 0 N–H and O–H groups in total. The van der Waals surface area contributed by atoms with Crippen LogP contribution in [0.3, 0.4) is 0 Å². The maximum atomic E-state index is 15.2. The summed E-state index contributed by atoms with van der Waals surface area (Å²) in [5.74, 6) is -0.347. The SMILES string of the molecule is C#Cc1ccccc1C(F)(C#Cc1ccccc1)C(F)(F)C(F)(F)F. The molecule has 0 spiro atoms. The number of benzene rings is 2. The lowest BCUT2D eigenvalue weighted by molar-refractivity contribution is -0.319. The van der Waals surface area contributed by atoms with E-state index in [1.807, 2.05) is 11.8 Å².